The Bertz CT molecular complexity index is 370. The highest BCUT2D eigenvalue weighted by atomic mass is 32.1. The number of ether oxygens (including phenoxy) is 1. The summed E-state index contributed by atoms with van der Waals surface area (Å²) in [6.45, 7) is 3.28. The quantitative estimate of drug-likeness (QED) is 0.691. The maximum Gasteiger partial charge on any atom is 0.270 e. The zero-order chi connectivity index (χ0) is 13.4. The third-order valence-corrected chi connectivity index (χ3v) is 3.29. The fourth-order valence-corrected chi connectivity index (χ4v) is 1.97. The second-order valence-electron chi connectivity index (χ2n) is 3.88. The molecule has 0 aliphatic heterocycles. The van der Waals surface area contributed by atoms with Crippen LogP contribution >= 0.6 is 11.3 Å². The second-order valence-corrected chi connectivity index (χ2v) is 4.83. The van der Waals surface area contributed by atoms with Crippen molar-refractivity contribution in [3.8, 4) is 0 Å². The van der Waals surface area contributed by atoms with Gasteiger partial charge in [-0.15, -0.1) is 11.3 Å². The largest absolute Gasteiger partial charge is 0.383 e. The Morgan fingerprint density at radius 3 is 3.00 bits per heavy atom. The first kappa shape index (κ1) is 15.0. The molecule has 7 heteroatoms. The zero-order valence-corrected chi connectivity index (χ0v) is 11.6. The van der Waals surface area contributed by atoms with Gasteiger partial charge in [-0.2, -0.15) is 0 Å². The molecule has 3 N–H and O–H groups in total. The average molecular weight is 272 g/mol. The van der Waals surface area contributed by atoms with E-state index in [4.69, 9.17) is 10.5 Å². The maximum absolute atomic E-state index is 11.7. The summed E-state index contributed by atoms with van der Waals surface area (Å²) in [5.74, 6) is -0.147. The molecule has 0 aliphatic carbocycles. The van der Waals surface area contributed by atoms with Crippen molar-refractivity contribution >= 4 is 17.2 Å². The van der Waals surface area contributed by atoms with E-state index in [0.29, 0.717) is 25.4 Å². The highest BCUT2D eigenvalue weighted by Crippen LogP contribution is 2.08. The van der Waals surface area contributed by atoms with Gasteiger partial charge in [-0.05, 0) is 7.05 Å². The standard InChI is InChI=1S/C11H20N4O2S/c1-15(5-6-17-2)4-3-13-11(16)9-8-18-10(7-12)14-9/h8H,3-7,12H2,1-2H3,(H,13,16). The van der Waals surface area contributed by atoms with Crippen LogP contribution in [0.2, 0.25) is 0 Å². The number of thiazole rings is 1. The molecule has 1 aromatic heterocycles. The molecule has 0 fully saturated rings. The van der Waals surface area contributed by atoms with Gasteiger partial charge in [-0.1, -0.05) is 0 Å². The van der Waals surface area contributed by atoms with Crippen LogP contribution in [0.3, 0.4) is 0 Å². The maximum atomic E-state index is 11.7. The number of hydrogen-bond donors (Lipinski definition) is 2. The fourth-order valence-electron chi connectivity index (χ4n) is 1.32. The van der Waals surface area contributed by atoms with E-state index in [9.17, 15) is 4.79 Å². The number of methoxy groups -OCH3 is 1. The highest BCUT2D eigenvalue weighted by molar-refractivity contribution is 7.09. The van der Waals surface area contributed by atoms with Crippen molar-refractivity contribution in [2.45, 2.75) is 6.54 Å². The molecular formula is C11H20N4O2S. The Morgan fingerprint density at radius 1 is 1.61 bits per heavy atom. The van der Waals surface area contributed by atoms with Crippen LogP contribution in [0.25, 0.3) is 0 Å². The summed E-state index contributed by atoms with van der Waals surface area (Å²) in [5.41, 5.74) is 5.89. The predicted octanol–water partition coefficient (Wildman–Crippen LogP) is -0.0902. The van der Waals surface area contributed by atoms with Gasteiger partial charge in [0.05, 0.1) is 6.61 Å². The van der Waals surface area contributed by atoms with E-state index in [2.05, 4.69) is 15.2 Å². The fraction of sp³-hybridized carbons (Fsp3) is 0.636. The lowest BCUT2D eigenvalue weighted by atomic mass is 10.4. The van der Waals surface area contributed by atoms with Crippen LogP contribution in [-0.4, -0.2) is 56.2 Å². The van der Waals surface area contributed by atoms with Crippen LogP contribution < -0.4 is 11.1 Å². The van der Waals surface area contributed by atoms with Crippen LogP contribution in [0.5, 0.6) is 0 Å². The van der Waals surface area contributed by atoms with Crippen LogP contribution in [0, 0.1) is 0 Å². The van der Waals surface area contributed by atoms with E-state index in [0.717, 1.165) is 18.1 Å². The summed E-state index contributed by atoms with van der Waals surface area (Å²) < 4.78 is 4.97. The number of nitrogens with one attached hydrogen (secondary N) is 1. The lowest BCUT2D eigenvalue weighted by Gasteiger charge is -2.15. The molecular weight excluding hydrogens is 252 g/mol. The van der Waals surface area contributed by atoms with Gasteiger partial charge in [0.15, 0.2) is 0 Å². The normalized spacial score (nSPS) is 10.9. The predicted molar refractivity (Wildman–Crippen MR) is 71.7 cm³/mol. The van der Waals surface area contributed by atoms with Gasteiger partial charge < -0.3 is 20.7 Å². The second kappa shape index (κ2) is 8.15. The van der Waals surface area contributed by atoms with E-state index in [-0.39, 0.29) is 5.91 Å². The van der Waals surface area contributed by atoms with Crippen molar-refractivity contribution < 1.29 is 9.53 Å². The zero-order valence-electron chi connectivity index (χ0n) is 10.8. The van der Waals surface area contributed by atoms with Gasteiger partial charge in [-0.3, -0.25) is 4.79 Å². The Kier molecular flexibility index (Phi) is 6.81. The number of rotatable bonds is 8. The van der Waals surface area contributed by atoms with E-state index in [1.165, 1.54) is 11.3 Å². The molecule has 1 heterocycles. The molecule has 0 saturated carbocycles. The van der Waals surface area contributed by atoms with Gasteiger partial charge >= 0.3 is 0 Å². The molecule has 0 saturated heterocycles. The number of nitrogens with two attached hydrogens (primary N) is 1. The van der Waals surface area contributed by atoms with Gasteiger partial charge in [-0.25, -0.2) is 4.98 Å². The molecule has 0 unspecified atom stereocenters. The number of amides is 1. The monoisotopic (exact) mass is 272 g/mol. The van der Waals surface area contributed by atoms with Crippen molar-refractivity contribution in [2.24, 2.45) is 5.73 Å². The summed E-state index contributed by atoms with van der Waals surface area (Å²) in [7, 11) is 3.66. The number of aromatic nitrogens is 1. The first-order chi connectivity index (χ1) is 8.67. The Hall–Kier alpha value is -1.02. The smallest absolute Gasteiger partial charge is 0.270 e. The molecule has 0 aromatic carbocycles. The van der Waals surface area contributed by atoms with E-state index in [1.807, 2.05) is 7.05 Å². The Morgan fingerprint density at radius 2 is 2.39 bits per heavy atom. The van der Waals surface area contributed by atoms with Gasteiger partial charge in [0.25, 0.3) is 5.91 Å². The summed E-state index contributed by atoms with van der Waals surface area (Å²) in [6.07, 6.45) is 0. The minimum absolute atomic E-state index is 0.147. The van der Waals surface area contributed by atoms with Crippen molar-refractivity contribution in [2.75, 3.05) is 40.4 Å². The lowest BCUT2D eigenvalue weighted by molar-refractivity contribution is 0.0943. The van der Waals surface area contributed by atoms with Crippen molar-refractivity contribution in [1.29, 1.82) is 0 Å². The van der Waals surface area contributed by atoms with E-state index < -0.39 is 0 Å². The topological polar surface area (TPSA) is 80.5 Å². The van der Waals surface area contributed by atoms with Gasteiger partial charge in [0.1, 0.15) is 10.7 Å². The van der Waals surface area contributed by atoms with Crippen molar-refractivity contribution in [1.82, 2.24) is 15.2 Å². The van der Waals surface area contributed by atoms with Crippen LogP contribution in [-0.2, 0) is 11.3 Å². The highest BCUT2D eigenvalue weighted by Gasteiger charge is 2.09. The number of hydrogen-bond acceptors (Lipinski definition) is 6. The van der Waals surface area contributed by atoms with Crippen molar-refractivity contribution in [3.05, 3.63) is 16.1 Å². The van der Waals surface area contributed by atoms with Crippen molar-refractivity contribution in [3.63, 3.8) is 0 Å². The van der Waals surface area contributed by atoms with Gasteiger partial charge in [0.2, 0.25) is 0 Å². The number of nitrogens with zero attached hydrogens (tertiary/aromatic N) is 2. The number of carbonyl (C=O) groups is 1. The molecule has 0 radical (unpaired) electrons. The molecule has 1 rings (SSSR count). The Balaban J connectivity index is 2.24. The summed E-state index contributed by atoms with van der Waals surface area (Å²) in [4.78, 5) is 17.9. The molecule has 0 spiro atoms. The molecule has 1 amide bonds. The average Bonchev–Trinajstić information content (AvgIpc) is 2.85. The SMILES string of the molecule is COCCN(C)CCNC(=O)c1csc(CN)n1. The summed E-state index contributed by atoms with van der Waals surface area (Å²) in [6, 6.07) is 0. The third kappa shape index (κ3) is 5.09. The first-order valence-electron chi connectivity index (χ1n) is 5.77. The molecule has 0 bridgehead atoms. The van der Waals surface area contributed by atoms with Crippen LogP contribution in [0.1, 0.15) is 15.5 Å². The van der Waals surface area contributed by atoms with E-state index >= 15 is 0 Å². The minimum Gasteiger partial charge on any atom is -0.383 e. The molecule has 6 nitrogen and oxygen atoms in total. The molecule has 1 aromatic rings. The van der Waals surface area contributed by atoms with Gasteiger partial charge in [0, 0.05) is 38.7 Å². The minimum atomic E-state index is -0.147. The Labute approximate surface area is 111 Å². The molecule has 0 aliphatic rings. The summed E-state index contributed by atoms with van der Waals surface area (Å²) >= 11 is 1.40. The van der Waals surface area contributed by atoms with E-state index in [1.54, 1.807) is 12.5 Å². The first-order valence-corrected chi connectivity index (χ1v) is 6.65. The number of carbonyl (C=O) groups excluding carboxylic acids is 1. The lowest BCUT2D eigenvalue weighted by Crippen LogP contribution is -2.34. The van der Waals surface area contributed by atoms with Crippen LogP contribution in [0.4, 0.5) is 0 Å². The van der Waals surface area contributed by atoms with Crippen LogP contribution in [0.15, 0.2) is 5.38 Å². The summed E-state index contributed by atoms with van der Waals surface area (Å²) in [5, 5.41) is 5.33. The third-order valence-electron chi connectivity index (χ3n) is 2.42. The molecule has 18 heavy (non-hydrogen) atoms. The molecule has 102 valence electrons. The molecule has 0 atom stereocenters. The number of likely N-dealkylation sites (N-methyl/N-ethyl adjacent to an activating group) is 1.